The van der Waals surface area contributed by atoms with E-state index in [4.69, 9.17) is 23.7 Å². The summed E-state index contributed by atoms with van der Waals surface area (Å²) < 4.78 is 0.480. The van der Waals surface area contributed by atoms with E-state index in [0.717, 1.165) is 16.6 Å². The van der Waals surface area contributed by atoms with Gasteiger partial charge in [-0.3, -0.25) is 0 Å². The topological polar surface area (TPSA) is 96.5 Å². The maximum absolute atomic E-state index is 5.53. The van der Waals surface area contributed by atoms with Gasteiger partial charge in [0.1, 0.15) is 10.3 Å². The van der Waals surface area contributed by atoms with Crippen molar-refractivity contribution in [3.05, 3.63) is 16.4 Å². The zero-order valence-electron chi connectivity index (χ0n) is 6.79. The van der Waals surface area contributed by atoms with Crippen molar-refractivity contribution >= 4 is 29.2 Å². The number of aromatic nitrogens is 3. The standard InChI is InChI=1S/C7H9N5S/c8-1-3-2-10-5-4(3)6(13)12-7(9)11-5/h2H,1,8H2,(H4,9,10,11,12,13). The summed E-state index contributed by atoms with van der Waals surface area (Å²) in [6.07, 6.45) is 1.80. The normalized spacial score (nSPS) is 10.8. The number of H-pyrrole nitrogens is 2. The van der Waals surface area contributed by atoms with Crippen LogP contribution in [0.2, 0.25) is 0 Å². The van der Waals surface area contributed by atoms with Crippen LogP contribution in [-0.2, 0) is 6.54 Å². The van der Waals surface area contributed by atoms with Crippen molar-refractivity contribution < 1.29 is 0 Å². The van der Waals surface area contributed by atoms with Crippen molar-refractivity contribution in [2.24, 2.45) is 5.73 Å². The minimum absolute atomic E-state index is 0.308. The maximum atomic E-state index is 5.53. The van der Waals surface area contributed by atoms with Gasteiger partial charge in [0.2, 0.25) is 0 Å². The monoisotopic (exact) mass is 195 g/mol. The summed E-state index contributed by atoms with van der Waals surface area (Å²) in [6, 6.07) is 0. The number of hydrogen-bond acceptors (Lipinski definition) is 4. The highest BCUT2D eigenvalue weighted by Gasteiger charge is 2.05. The van der Waals surface area contributed by atoms with Gasteiger partial charge in [-0.25, -0.2) is 4.98 Å². The quantitative estimate of drug-likeness (QED) is 0.502. The van der Waals surface area contributed by atoms with Crippen molar-refractivity contribution in [2.45, 2.75) is 6.54 Å². The minimum atomic E-state index is 0.308. The fourth-order valence-electron chi connectivity index (χ4n) is 1.29. The Kier molecular flexibility index (Phi) is 1.78. The van der Waals surface area contributed by atoms with Crippen molar-refractivity contribution in [1.29, 1.82) is 0 Å². The van der Waals surface area contributed by atoms with Crippen molar-refractivity contribution in [3.8, 4) is 0 Å². The van der Waals surface area contributed by atoms with E-state index in [1.165, 1.54) is 0 Å². The number of aromatic amines is 2. The molecule has 0 aliphatic carbocycles. The molecule has 0 saturated heterocycles. The van der Waals surface area contributed by atoms with Crippen LogP contribution in [0.15, 0.2) is 6.20 Å². The Morgan fingerprint density at radius 1 is 1.54 bits per heavy atom. The maximum Gasteiger partial charge on any atom is 0.200 e. The highest BCUT2D eigenvalue weighted by molar-refractivity contribution is 7.71. The molecule has 0 bridgehead atoms. The predicted octanol–water partition coefficient (Wildman–Crippen LogP) is 0.661. The molecule has 0 amide bonds. The van der Waals surface area contributed by atoms with Gasteiger partial charge in [0, 0.05) is 12.7 Å². The summed E-state index contributed by atoms with van der Waals surface area (Å²) in [5, 5.41) is 0.853. The molecule has 0 aromatic carbocycles. The minimum Gasteiger partial charge on any atom is -0.369 e. The van der Waals surface area contributed by atoms with Crippen LogP contribution in [0.3, 0.4) is 0 Å². The molecule has 0 atom stereocenters. The molecule has 0 spiro atoms. The molecular weight excluding hydrogens is 186 g/mol. The van der Waals surface area contributed by atoms with Crippen LogP contribution in [0.5, 0.6) is 0 Å². The zero-order chi connectivity index (χ0) is 9.42. The summed E-state index contributed by atoms with van der Waals surface area (Å²) in [7, 11) is 0. The van der Waals surface area contributed by atoms with Gasteiger partial charge in [-0.05, 0) is 5.56 Å². The van der Waals surface area contributed by atoms with Crippen LogP contribution in [0, 0.1) is 4.64 Å². The lowest BCUT2D eigenvalue weighted by Crippen LogP contribution is -1.98. The lowest BCUT2D eigenvalue weighted by molar-refractivity contribution is 1.08. The first-order chi connectivity index (χ1) is 6.22. The second kappa shape index (κ2) is 2.82. The fraction of sp³-hybridized carbons (Fsp3) is 0.143. The van der Waals surface area contributed by atoms with Crippen LogP contribution < -0.4 is 11.5 Å². The summed E-state index contributed by atoms with van der Waals surface area (Å²) in [5.41, 5.74) is 12.7. The van der Waals surface area contributed by atoms with Gasteiger partial charge < -0.3 is 21.4 Å². The number of nitrogen functional groups attached to an aromatic ring is 1. The van der Waals surface area contributed by atoms with Gasteiger partial charge in [-0.2, -0.15) is 0 Å². The number of nitrogens with zero attached hydrogens (tertiary/aromatic N) is 1. The van der Waals surface area contributed by atoms with Crippen LogP contribution in [-0.4, -0.2) is 15.0 Å². The SMILES string of the molecule is NCc1c[nH]c2[nH]c(N)nc(=S)c12. The molecule has 68 valence electrons. The third kappa shape index (κ3) is 1.20. The molecule has 0 aliphatic heterocycles. The summed E-state index contributed by atoms with van der Waals surface area (Å²) in [5.74, 6) is 0.308. The van der Waals surface area contributed by atoms with Crippen molar-refractivity contribution in [3.63, 3.8) is 0 Å². The molecule has 0 saturated carbocycles. The molecule has 2 rings (SSSR count). The lowest BCUT2D eigenvalue weighted by atomic mass is 10.2. The highest BCUT2D eigenvalue weighted by Crippen LogP contribution is 2.16. The van der Waals surface area contributed by atoms with Gasteiger partial charge in [0.15, 0.2) is 5.95 Å². The van der Waals surface area contributed by atoms with E-state index in [0.29, 0.717) is 17.1 Å². The molecule has 0 unspecified atom stereocenters. The Morgan fingerprint density at radius 3 is 3.00 bits per heavy atom. The molecular formula is C7H9N5S. The molecule has 5 nitrogen and oxygen atoms in total. The third-order valence-electron chi connectivity index (χ3n) is 1.87. The second-order valence-corrected chi connectivity index (χ2v) is 3.08. The smallest absolute Gasteiger partial charge is 0.200 e. The molecule has 2 aromatic heterocycles. The number of nitrogens with one attached hydrogen (secondary N) is 2. The molecule has 0 aliphatic rings. The summed E-state index contributed by atoms with van der Waals surface area (Å²) in [4.78, 5) is 9.82. The lowest BCUT2D eigenvalue weighted by Gasteiger charge is -1.95. The van der Waals surface area contributed by atoms with Crippen LogP contribution in [0.4, 0.5) is 5.95 Å². The van der Waals surface area contributed by atoms with E-state index < -0.39 is 0 Å². The summed E-state index contributed by atoms with van der Waals surface area (Å²) >= 11 is 5.06. The Bertz CT molecular complexity index is 497. The van der Waals surface area contributed by atoms with Gasteiger partial charge in [0.25, 0.3) is 0 Å². The largest absolute Gasteiger partial charge is 0.369 e. The average molecular weight is 195 g/mol. The van der Waals surface area contributed by atoms with E-state index in [2.05, 4.69) is 15.0 Å². The van der Waals surface area contributed by atoms with Crippen molar-refractivity contribution in [1.82, 2.24) is 15.0 Å². The number of nitrogens with two attached hydrogens (primary N) is 2. The molecule has 2 heterocycles. The average Bonchev–Trinajstić information content (AvgIpc) is 2.47. The van der Waals surface area contributed by atoms with Gasteiger partial charge in [0.05, 0.1) is 5.39 Å². The number of hydrogen-bond donors (Lipinski definition) is 4. The van der Waals surface area contributed by atoms with Crippen LogP contribution in [0.25, 0.3) is 11.0 Å². The van der Waals surface area contributed by atoms with Gasteiger partial charge in [-0.15, -0.1) is 0 Å². The van der Waals surface area contributed by atoms with Crippen LogP contribution in [0.1, 0.15) is 5.56 Å². The van der Waals surface area contributed by atoms with Gasteiger partial charge >= 0.3 is 0 Å². The Morgan fingerprint density at radius 2 is 2.31 bits per heavy atom. The second-order valence-electron chi connectivity index (χ2n) is 2.70. The summed E-state index contributed by atoms with van der Waals surface area (Å²) in [6.45, 7) is 0.434. The predicted molar refractivity (Wildman–Crippen MR) is 53.6 cm³/mol. The molecule has 0 fully saturated rings. The first-order valence-corrected chi connectivity index (χ1v) is 4.19. The zero-order valence-corrected chi connectivity index (χ0v) is 7.61. The number of fused-ring (bicyclic) bond motifs is 1. The highest BCUT2D eigenvalue weighted by atomic mass is 32.1. The first kappa shape index (κ1) is 8.21. The third-order valence-corrected chi connectivity index (χ3v) is 2.17. The Hall–Kier alpha value is -1.40. The first-order valence-electron chi connectivity index (χ1n) is 3.78. The molecule has 6 heteroatoms. The van der Waals surface area contributed by atoms with Crippen LogP contribution >= 0.6 is 12.2 Å². The van der Waals surface area contributed by atoms with E-state index in [1.54, 1.807) is 6.20 Å². The Labute approximate surface area is 79.2 Å². The molecule has 0 radical (unpaired) electrons. The molecule has 6 N–H and O–H groups in total. The van der Waals surface area contributed by atoms with E-state index >= 15 is 0 Å². The van der Waals surface area contributed by atoms with Gasteiger partial charge in [-0.1, -0.05) is 12.2 Å². The Balaban J connectivity index is 2.90. The fourth-order valence-corrected chi connectivity index (χ4v) is 1.62. The molecule has 2 aromatic rings. The number of rotatable bonds is 1. The van der Waals surface area contributed by atoms with E-state index in [9.17, 15) is 0 Å². The van der Waals surface area contributed by atoms with E-state index in [-0.39, 0.29) is 0 Å². The number of anilines is 1. The molecule has 13 heavy (non-hydrogen) atoms. The van der Waals surface area contributed by atoms with E-state index in [1.807, 2.05) is 0 Å². The van der Waals surface area contributed by atoms with Crippen molar-refractivity contribution in [2.75, 3.05) is 5.73 Å².